The van der Waals surface area contributed by atoms with Gasteiger partial charge >= 0.3 is 5.69 Å². The van der Waals surface area contributed by atoms with Gasteiger partial charge in [-0.15, -0.1) is 0 Å². The number of benzene rings is 1. The fraction of sp³-hybridized carbons (Fsp3) is 0.250. The van der Waals surface area contributed by atoms with E-state index in [0.717, 1.165) is 30.2 Å². The fourth-order valence-corrected chi connectivity index (χ4v) is 3.34. The normalized spacial score (nSPS) is 17.0. The van der Waals surface area contributed by atoms with E-state index in [1.807, 2.05) is 0 Å². The lowest BCUT2D eigenvalue weighted by atomic mass is 10.2. The van der Waals surface area contributed by atoms with Gasteiger partial charge < -0.3 is 0 Å². The highest BCUT2D eigenvalue weighted by molar-refractivity contribution is 8.04. The molecule has 0 saturated heterocycles. The minimum absolute atomic E-state index is 0.241. The highest BCUT2D eigenvalue weighted by atomic mass is 32.2. The molecule has 8 nitrogen and oxygen atoms in total. The number of hydrogen-bond acceptors (Lipinski definition) is 7. The number of rotatable bonds is 3. The molecule has 1 aliphatic heterocycles. The Morgan fingerprint density at radius 2 is 2.00 bits per heavy atom. The van der Waals surface area contributed by atoms with Gasteiger partial charge in [-0.25, -0.2) is 0 Å². The molecule has 0 spiro atoms. The highest BCUT2D eigenvalue weighted by Gasteiger charge is 2.28. The standard InChI is InChI=1S/C12H10N4O4S/c17-15(18)9-4-5-10(11(6-9)16(19)20)14-13-7-8-2-1-3-12(8)21-14/h4-7H,1-3H2. The lowest BCUT2D eigenvalue weighted by molar-refractivity contribution is -0.393. The summed E-state index contributed by atoms with van der Waals surface area (Å²) in [4.78, 5) is 21.8. The molecule has 0 aromatic heterocycles. The second kappa shape index (κ2) is 5.17. The van der Waals surface area contributed by atoms with Crippen LogP contribution in [0.3, 0.4) is 0 Å². The van der Waals surface area contributed by atoms with Crippen LogP contribution in [-0.2, 0) is 0 Å². The summed E-state index contributed by atoms with van der Waals surface area (Å²) in [6, 6.07) is 3.57. The molecule has 21 heavy (non-hydrogen) atoms. The molecule has 9 heteroatoms. The van der Waals surface area contributed by atoms with Crippen LogP contribution in [-0.4, -0.2) is 16.1 Å². The van der Waals surface area contributed by atoms with E-state index in [9.17, 15) is 20.2 Å². The van der Waals surface area contributed by atoms with Crippen LogP contribution >= 0.6 is 11.9 Å². The number of nitrogens with zero attached hydrogens (tertiary/aromatic N) is 4. The van der Waals surface area contributed by atoms with E-state index in [1.54, 1.807) is 6.21 Å². The van der Waals surface area contributed by atoms with Crippen LogP contribution in [0.5, 0.6) is 0 Å². The third-order valence-corrected chi connectivity index (χ3v) is 4.45. The molecule has 2 aliphatic rings. The first-order valence-corrected chi connectivity index (χ1v) is 7.00. The summed E-state index contributed by atoms with van der Waals surface area (Å²) in [6.45, 7) is 0. The van der Waals surface area contributed by atoms with Crippen molar-refractivity contribution in [2.45, 2.75) is 19.3 Å². The Hall–Kier alpha value is -2.42. The minimum atomic E-state index is -0.652. The predicted molar refractivity (Wildman–Crippen MR) is 79.2 cm³/mol. The summed E-state index contributed by atoms with van der Waals surface area (Å²) in [5, 5.41) is 26.1. The number of non-ortho nitro benzene ring substituents is 1. The van der Waals surface area contributed by atoms with E-state index in [-0.39, 0.29) is 17.1 Å². The van der Waals surface area contributed by atoms with Crippen LogP contribution in [0.2, 0.25) is 0 Å². The Bertz CT molecular complexity index is 700. The van der Waals surface area contributed by atoms with Gasteiger partial charge in [-0.05, 0) is 30.9 Å². The summed E-state index contributed by atoms with van der Waals surface area (Å²) in [5.74, 6) is 0. The van der Waals surface area contributed by atoms with Gasteiger partial charge in [0.2, 0.25) is 0 Å². The number of hydrazone groups is 1. The molecular weight excluding hydrogens is 296 g/mol. The Kier molecular flexibility index (Phi) is 3.34. The average molecular weight is 306 g/mol. The molecule has 108 valence electrons. The summed E-state index contributed by atoms with van der Waals surface area (Å²) < 4.78 is 1.45. The molecule has 0 atom stereocenters. The topological polar surface area (TPSA) is 102 Å². The summed E-state index contributed by atoms with van der Waals surface area (Å²) >= 11 is 1.34. The smallest absolute Gasteiger partial charge is 0.258 e. The second-order valence-electron chi connectivity index (χ2n) is 4.60. The first kappa shape index (κ1) is 13.6. The van der Waals surface area contributed by atoms with E-state index in [4.69, 9.17) is 0 Å². The van der Waals surface area contributed by atoms with Crippen LogP contribution < -0.4 is 4.41 Å². The molecule has 1 aromatic carbocycles. The summed E-state index contributed by atoms with van der Waals surface area (Å²) in [5.41, 5.74) is 0.777. The lowest BCUT2D eigenvalue weighted by Gasteiger charge is -2.21. The van der Waals surface area contributed by atoms with Crippen LogP contribution in [0.1, 0.15) is 19.3 Å². The predicted octanol–water partition coefficient (Wildman–Crippen LogP) is 3.40. The van der Waals surface area contributed by atoms with Gasteiger partial charge in [0.25, 0.3) is 5.69 Å². The van der Waals surface area contributed by atoms with Gasteiger partial charge in [0.05, 0.1) is 22.1 Å². The Balaban J connectivity index is 1.97. The van der Waals surface area contributed by atoms with Crippen molar-refractivity contribution < 1.29 is 9.85 Å². The second-order valence-corrected chi connectivity index (χ2v) is 5.62. The van der Waals surface area contributed by atoms with Crippen LogP contribution in [0.15, 0.2) is 33.8 Å². The summed E-state index contributed by atoms with van der Waals surface area (Å²) in [7, 11) is 0. The van der Waals surface area contributed by atoms with Crippen LogP contribution in [0.4, 0.5) is 17.1 Å². The van der Waals surface area contributed by atoms with E-state index in [1.165, 1.54) is 34.1 Å². The van der Waals surface area contributed by atoms with Gasteiger partial charge in [0.1, 0.15) is 0 Å². The Morgan fingerprint density at radius 1 is 1.19 bits per heavy atom. The molecule has 0 N–H and O–H groups in total. The van der Waals surface area contributed by atoms with Crippen molar-refractivity contribution in [3.05, 3.63) is 48.9 Å². The van der Waals surface area contributed by atoms with Gasteiger partial charge in [-0.1, -0.05) is 0 Å². The van der Waals surface area contributed by atoms with Crippen LogP contribution in [0.25, 0.3) is 0 Å². The quantitative estimate of drug-likeness (QED) is 0.482. The first-order chi connectivity index (χ1) is 10.1. The number of anilines is 1. The summed E-state index contributed by atoms with van der Waals surface area (Å²) in [6.07, 6.45) is 4.68. The highest BCUT2D eigenvalue weighted by Crippen LogP contribution is 2.43. The molecule has 0 unspecified atom stereocenters. The van der Waals surface area contributed by atoms with Crippen molar-refractivity contribution in [3.8, 4) is 0 Å². The van der Waals surface area contributed by atoms with Crippen molar-refractivity contribution in [1.82, 2.24) is 0 Å². The molecule has 3 rings (SSSR count). The first-order valence-electron chi connectivity index (χ1n) is 6.23. The van der Waals surface area contributed by atoms with Gasteiger partial charge in [-0.3, -0.25) is 20.2 Å². The SMILES string of the molecule is O=[N+]([O-])c1ccc(N2N=CC3=C(CCC3)S2)c([N+](=O)[O-])c1. The maximum Gasteiger partial charge on any atom is 0.302 e. The number of nitro benzene ring substituents is 2. The van der Waals surface area contributed by atoms with Crippen molar-refractivity contribution in [3.63, 3.8) is 0 Å². The number of allylic oxidation sites excluding steroid dienone is 2. The van der Waals surface area contributed by atoms with Crippen molar-refractivity contribution in [1.29, 1.82) is 0 Å². The minimum Gasteiger partial charge on any atom is -0.258 e. The molecule has 0 amide bonds. The average Bonchev–Trinajstić information content (AvgIpc) is 2.93. The molecule has 1 aromatic rings. The van der Waals surface area contributed by atoms with Gasteiger partial charge in [0, 0.05) is 22.9 Å². The van der Waals surface area contributed by atoms with E-state index < -0.39 is 9.85 Å². The molecule has 1 aliphatic carbocycles. The largest absolute Gasteiger partial charge is 0.302 e. The van der Waals surface area contributed by atoms with Crippen LogP contribution in [0, 0.1) is 20.2 Å². The Labute approximate surface area is 123 Å². The van der Waals surface area contributed by atoms with E-state index in [2.05, 4.69) is 5.10 Å². The van der Waals surface area contributed by atoms with Crippen molar-refractivity contribution in [2.75, 3.05) is 4.41 Å². The third kappa shape index (κ3) is 2.47. The number of hydrogen-bond donors (Lipinski definition) is 0. The van der Waals surface area contributed by atoms with Gasteiger partial charge in [-0.2, -0.15) is 9.52 Å². The Morgan fingerprint density at radius 3 is 2.71 bits per heavy atom. The third-order valence-electron chi connectivity index (χ3n) is 3.30. The molecular formula is C12H10N4O4S. The zero-order valence-corrected chi connectivity index (χ0v) is 11.6. The molecule has 1 heterocycles. The fourth-order valence-electron chi connectivity index (χ4n) is 2.28. The van der Waals surface area contributed by atoms with Gasteiger partial charge in [0.15, 0.2) is 5.69 Å². The maximum atomic E-state index is 11.2. The number of nitro groups is 2. The molecule has 0 saturated carbocycles. The zero-order valence-electron chi connectivity index (χ0n) is 10.8. The van der Waals surface area contributed by atoms with Crippen molar-refractivity contribution >= 4 is 35.2 Å². The maximum absolute atomic E-state index is 11.2. The molecule has 0 bridgehead atoms. The zero-order chi connectivity index (χ0) is 15.0. The molecule has 0 radical (unpaired) electrons. The van der Waals surface area contributed by atoms with Crippen molar-refractivity contribution in [2.24, 2.45) is 5.10 Å². The molecule has 0 fully saturated rings. The van der Waals surface area contributed by atoms with E-state index >= 15 is 0 Å². The lowest BCUT2D eigenvalue weighted by Crippen LogP contribution is -2.12. The monoisotopic (exact) mass is 306 g/mol. The van der Waals surface area contributed by atoms with E-state index in [0.29, 0.717) is 0 Å².